The van der Waals surface area contributed by atoms with E-state index in [4.69, 9.17) is 4.42 Å². The molecule has 0 N–H and O–H groups in total. The zero-order valence-electron chi connectivity index (χ0n) is 9.90. The molecule has 3 rings (SSSR count). The van der Waals surface area contributed by atoms with Crippen LogP contribution in [0.1, 0.15) is 31.9 Å². The molecule has 0 bridgehead atoms. The Morgan fingerprint density at radius 1 is 1.29 bits per heavy atom. The molecule has 0 spiro atoms. The Balaban J connectivity index is 1.88. The van der Waals surface area contributed by atoms with Crippen molar-refractivity contribution in [1.29, 1.82) is 0 Å². The highest BCUT2D eigenvalue weighted by Crippen LogP contribution is 2.58. The van der Waals surface area contributed by atoms with Crippen LogP contribution >= 0.6 is 0 Å². The number of hydrogen-bond donors (Lipinski definition) is 0. The van der Waals surface area contributed by atoms with Crippen molar-refractivity contribution >= 4 is 0 Å². The first kappa shape index (κ1) is 10.5. The molecule has 1 heterocycles. The average Bonchev–Trinajstić information content (AvgIpc) is 2.76. The van der Waals surface area contributed by atoms with E-state index in [1.807, 2.05) is 0 Å². The molecule has 17 heavy (non-hydrogen) atoms. The zero-order valence-corrected chi connectivity index (χ0v) is 9.90. The summed E-state index contributed by atoms with van der Waals surface area (Å²) in [6.45, 7) is 4.44. The van der Waals surface area contributed by atoms with Gasteiger partial charge >= 0.3 is 0 Å². The fourth-order valence-corrected chi connectivity index (χ4v) is 2.13. The number of hydrogen-bond acceptors (Lipinski definition) is 2. The van der Waals surface area contributed by atoms with Gasteiger partial charge in [0, 0.05) is 11.5 Å². The molecule has 3 heteroatoms. The molecule has 0 aliphatic heterocycles. The van der Waals surface area contributed by atoms with Crippen molar-refractivity contribution in [3.8, 4) is 11.5 Å². The number of benzene rings is 1. The van der Waals surface area contributed by atoms with Gasteiger partial charge in [-0.25, -0.2) is 9.37 Å². The van der Waals surface area contributed by atoms with E-state index in [1.165, 1.54) is 12.1 Å². The van der Waals surface area contributed by atoms with Gasteiger partial charge in [0.15, 0.2) is 0 Å². The van der Waals surface area contributed by atoms with E-state index >= 15 is 0 Å². The summed E-state index contributed by atoms with van der Waals surface area (Å²) in [5, 5.41) is 0. The van der Waals surface area contributed by atoms with E-state index in [-0.39, 0.29) is 5.82 Å². The summed E-state index contributed by atoms with van der Waals surface area (Å²) in [6, 6.07) is 6.20. The van der Waals surface area contributed by atoms with E-state index in [0.29, 0.717) is 17.2 Å². The molecule has 2 nitrogen and oxygen atoms in total. The molecule has 2 aromatic rings. The average molecular weight is 231 g/mol. The number of rotatable bonds is 2. The van der Waals surface area contributed by atoms with Crippen molar-refractivity contribution in [3.63, 3.8) is 0 Å². The molecule has 1 unspecified atom stereocenters. The Hall–Kier alpha value is -1.64. The highest BCUT2D eigenvalue weighted by atomic mass is 19.1. The van der Waals surface area contributed by atoms with Crippen LogP contribution in [0.25, 0.3) is 11.5 Å². The van der Waals surface area contributed by atoms with Crippen molar-refractivity contribution in [1.82, 2.24) is 4.98 Å². The number of oxazole rings is 1. The van der Waals surface area contributed by atoms with Gasteiger partial charge in [0.25, 0.3) is 0 Å². The predicted molar refractivity (Wildman–Crippen MR) is 63.0 cm³/mol. The summed E-state index contributed by atoms with van der Waals surface area (Å²) in [7, 11) is 0. The lowest BCUT2D eigenvalue weighted by Crippen LogP contribution is -1.87. The minimum absolute atomic E-state index is 0.246. The van der Waals surface area contributed by atoms with Crippen LogP contribution in [-0.2, 0) is 0 Å². The van der Waals surface area contributed by atoms with Gasteiger partial charge in [-0.3, -0.25) is 0 Å². The van der Waals surface area contributed by atoms with Gasteiger partial charge in [0.1, 0.15) is 11.6 Å². The van der Waals surface area contributed by atoms with E-state index in [1.54, 1.807) is 18.3 Å². The summed E-state index contributed by atoms with van der Waals surface area (Å²) < 4.78 is 18.5. The summed E-state index contributed by atoms with van der Waals surface area (Å²) in [4.78, 5) is 4.25. The standard InChI is InChI=1S/C14H14FNO/c1-14(2)7-11(14)12-8-16-13(17-12)9-3-5-10(15)6-4-9/h3-6,8,11H,7H2,1-2H3. The SMILES string of the molecule is CC1(C)CC1c1cnc(-c2ccc(F)cc2)o1. The maximum absolute atomic E-state index is 12.8. The summed E-state index contributed by atoms with van der Waals surface area (Å²) in [6.07, 6.45) is 2.93. The van der Waals surface area contributed by atoms with Crippen LogP contribution in [0.3, 0.4) is 0 Å². The molecule has 1 fully saturated rings. The molecule has 1 aliphatic rings. The fraction of sp³-hybridized carbons (Fsp3) is 0.357. The molecule has 0 radical (unpaired) electrons. The number of nitrogens with zero attached hydrogens (tertiary/aromatic N) is 1. The lowest BCUT2D eigenvalue weighted by atomic mass is 10.1. The van der Waals surface area contributed by atoms with Gasteiger partial charge in [0.05, 0.1) is 6.20 Å². The first-order valence-corrected chi connectivity index (χ1v) is 5.78. The second-order valence-corrected chi connectivity index (χ2v) is 5.32. The van der Waals surface area contributed by atoms with Crippen LogP contribution in [-0.4, -0.2) is 4.98 Å². The molecule has 1 atom stereocenters. The van der Waals surface area contributed by atoms with Crippen molar-refractivity contribution in [2.24, 2.45) is 5.41 Å². The molecule has 1 aromatic carbocycles. The van der Waals surface area contributed by atoms with Crippen LogP contribution in [0, 0.1) is 11.2 Å². The first-order valence-electron chi connectivity index (χ1n) is 5.78. The third kappa shape index (κ3) is 1.86. The lowest BCUT2D eigenvalue weighted by molar-refractivity contribution is 0.489. The highest BCUT2D eigenvalue weighted by molar-refractivity contribution is 5.52. The third-order valence-electron chi connectivity index (χ3n) is 3.47. The van der Waals surface area contributed by atoms with E-state index in [9.17, 15) is 4.39 Å². The second kappa shape index (κ2) is 3.42. The van der Waals surface area contributed by atoms with Crippen molar-refractivity contribution in [3.05, 3.63) is 42.0 Å². The number of aromatic nitrogens is 1. The second-order valence-electron chi connectivity index (χ2n) is 5.32. The maximum atomic E-state index is 12.8. The minimum Gasteiger partial charge on any atom is -0.441 e. The van der Waals surface area contributed by atoms with Crippen LogP contribution in [0.4, 0.5) is 4.39 Å². The topological polar surface area (TPSA) is 26.0 Å². The summed E-state index contributed by atoms with van der Waals surface area (Å²) in [5.74, 6) is 1.74. The predicted octanol–water partition coefficient (Wildman–Crippen LogP) is 3.99. The first-order chi connectivity index (χ1) is 8.06. The van der Waals surface area contributed by atoms with E-state index < -0.39 is 0 Å². The molecule has 1 aromatic heterocycles. The quantitative estimate of drug-likeness (QED) is 0.781. The Morgan fingerprint density at radius 2 is 1.94 bits per heavy atom. The van der Waals surface area contributed by atoms with Gasteiger partial charge in [0.2, 0.25) is 5.89 Å². The van der Waals surface area contributed by atoms with Gasteiger partial charge in [-0.15, -0.1) is 0 Å². The monoisotopic (exact) mass is 231 g/mol. The lowest BCUT2D eigenvalue weighted by Gasteiger charge is -1.98. The number of halogens is 1. The van der Waals surface area contributed by atoms with Crippen LogP contribution < -0.4 is 0 Å². The zero-order chi connectivity index (χ0) is 12.0. The molecule has 88 valence electrons. The molecule has 0 saturated heterocycles. The Kier molecular flexibility index (Phi) is 2.12. The molecular weight excluding hydrogens is 217 g/mol. The molecule has 1 aliphatic carbocycles. The van der Waals surface area contributed by atoms with Gasteiger partial charge < -0.3 is 4.42 Å². The normalized spacial score (nSPS) is 21.5. The van der Waals surface area contributed by atoms with Crippen LogP contribution in [0.2, 0.25) is 0 Å². The van der Waals surface area contributed by atoms with Crippen LogP contribution in [0.15, 0.2) is 34.9 Å². The van der Waals surface area contributed by atoms with E-state index in [2.05, 4.69) is 18.8 Å². The molecule has 1 saturated carbocycles. The van der Waals surface area contributed by atoms with Gasteiger partial charge in [-0.1, -0.05) is 13.8 Å². The minimum atomic E-state index is -0.246. The molecular formula is C14H14FNO. The van der Waals surface area contributed by atoms with Gasteiger partial charge in [-0.2, -0.15) is 0 Å². The van der Waals surface area contributed by atoms with E-state index in [0.717, 1.165) is 17.7 Å². The fourth-order valence-electron chi connectivity index (χ4n) is 2.13. The molecule has 0 amide bonds. The van der Waals surface area contributed by atoms with Gasteiger partial charge in [-0.05, 0) is 36.1 Å². The maximum Gasteiger partial charge on any atom is 0.226 e. The van der Waals surface area contributed by atoms with Crippen molar-refractivity contribution in [2.45, 2.75) is 26.2 Å². The Bertz CT molecular complexity index is 542. The van der Waals surface area contributed by atoms with Crippen LogP contribution in [0.5, 0.6) is 0 Å². The Morgan fingerprint density at radius 3 is 2.53 bits per heavy atom. The largest absolute Gasteiger partial charge is 0.441 e. The highest BCUT2D eigenvalue weighted by Gasteiger charge is 2.48. The smallest absolute Gasteiger partial charge is 0.226 e. The van der Waals surface area contributed by atoms with Crippen molar-refractivity contribution < 1.29 is 8.81 Å². The van der Waals surface area contributed by atoms with Crippen molar-refractivity contribution in [2.75, 3.05) is 0 Å². The summed E-state index contributed by atoms with van der Waals surface area (Å²) in [5.41, 5.74) is 1.15. The summed E-state index contributed by atoms with van der Waals surface area (Å²) >= 11 is 0. The third-order valence-corrected chi connectivity index (χ3v) is 3.47. The Labute approximate surface area is 99.5 Å².